The molecule has 0 N–H and O–H groups in total. The first-order valence-electron chi connectivity index (χ1n) is 6.01. The Hall–Kier alpha value is -1.59. The lowest BCUT2D eigenvalue weighted by atomic mass is 10.1. The van der Waals surface area contributed by atoms with Crippen molar-refractivity contribution in [1.82, 2.24) is 0 Å². The van der Waals surface area contributed by atoms with Crippen LogP contribution in [0.15, 0.2) is 40.9 Å². The number of hydrogen-bond acceptors (Lipinski definition) is 2. The summed E-state index contributed by atoms with van der Waals surface area (Å²) in [5, 5.41) is 0.212. The summed E-state index contributed by atoms with van der Waals surface area (Å²) in [6.07, 6.45) is 0. The monoisotopic (exact) mass is 371 g/mol. The van der Waals surface area contributed by atoms with Gasteiger partial charge in [-0.15, -0.1) is 0 Å². The first-order valence-corrected chi connectivity index (χ1v) is 7.18. The van der Waals surface area contributed by atoms with Gasteiger partial charge in [-0.1, -0.05) is 23.7 Å². The zero-order valence-electron chi connectivity index (χ0n) is 11.4. The predicted molar refractivity (Wildman–Crippen MR) is 84.8 cm³/mol. The summed E-state index contributed by atoms with van der Waals surface area (Å²) in [5.74, 6) is -0.633. The molecule has 0 fully saturated rings. The van der Waals surface area contributed by atoms with Gasteiger partial charge in [0.15, 0.2) is 0 Å². The van der Waals surface area contributed by atoms with E-state index >= 15 is 0 Å². The van der Waals surface area contributed by atoms with Crippen LogP contribution in [0.1, 0.15) is 10.4 Å². The van der Waals surface area contributed by atoms with Gasteiger partial charge in [0.1, 0.15) is 11.6 Å². The van der Waals surface area contributed by atoms with Crippen LogP contribution < -0.4 is 9.64 Å². The van der Waals surface area contributed by atoms with Crippen LogP contribution in [0.4, 0.5) is 10.1 Å². The van der Waals surface area contributed by atoms with E-state index in [0.29, 0.717) is 15.9 Å². The van der Waals surface area contributed by atoms with Crippen molar-refractivity contribution in [1.29, 1.82) is 0 Å². The van der Waals surface area contributed by atoms with E-state index in [1.165, 1.54) is 18.1 Å². The van der Waals surface area contributed by atoms with Crippen molar-refractivity contribution >= 4 is 39.1 Å². The molecule has 6 heteroatoms. The lowest BCUT2D eigenvalue weighted by Gasteiger charge is -2.20. The Bertz CT molecular complexity index is 693. The van der Waals surface area contributed by atoms with E-state index in [2.05, 4.69) is 15.9 Å². The average molecular weight is 373 g/mol. The Morgan fingerprint density at radius 3 is 2.67 bits per heavy atom. The number of methoxy groups -OCH3 is 1. The van der Waals surface area contributed by atoms with Crippen molar-refractivity contribution in [3.8, 4) is 5.75 Å². The maximum atomic E-state index is 14.0. The van der Waals surface area contributed by atoms with Crippen molar-refractivity contribution in [3.05, 3.63) is 57.3 Å². The molecular formula is C15H12BrClFNO2. The molecule has 0 atom stereocenters. The van der Waals surface area contributed by atoms with Gasteiger partial charge in [0, 0.05) is 11.5 Å². The van der Waals surface area contributed by atoms with Crippen LogP contribution in [0.25, 0.3) is 0 Å². The number of rotatable bonds is 3. The minimum Gasteiger partial charge on any atom is -0.495 e. The Balaban J connectivity index is 2.42. The molecule has 110 valence electrons. The number of carbonyl (C=O) groups is 1. The molecule has 3 nitrogen and oxygen atoms in total. The normalized spacial score (nSPS) is 10.3. The summed E-state index contributed by atoms with van der Waals surface area (Å²) in [5.41, 5.74) is 0.482. The number of amides is 1. The highest BCUT2D eigenvalue weighted by atomic mass is 79.9. The number of anilines is 1. The Labute approximate surface area is 135 Å². The van der Waals surface area contributed by atoms with Gasteiger partial charge in [0.2, 0.25) is 0 Å². The minimum atomic E-state index is -0.671. The van der Waals surface area contributed by atoms with E-state index in [1.807, 2.05) is 0 Å². The van der Waals surface area contributed by atoms with Crippen LogP contribution in [0.2, 0.25) is 5.02 Å². The van der Waals surface area contributed by atoms with Crippen molar-refractivity contribution < 1.29 is 13.9 Å². The second-order valence-corrected chi connectivity index (χ2v) is 5.54. The fourth-order valence-electron chi connectivity index (χ4n) is 1.88. The third kappa shape index (κ3) is 3.19. The van der Waals surface area contributed by atoms with E-state index in [9.17, 15) is 9.18 Å². The molecule has 0 aliphatic rings. The second-order valence-electron chi connectivity index (χ2n) is 4.28. The molecule has 2 rings (SSSR count). The third-order valence-electron chi connectivity index (χ3n) is 2.99. The van der Waals surface area contributed by atoms with E-state index in [1.54, 1.807) is 31.3 Å². The summed E-state index contributed by atoms with van der Waals surface area (Å²) in [6, 6.07) is 9.49. The molecule has 0 bridgehead atoms. The molecule has 0 aromatic heterocycles. The zero-order valence-corrected chi connectivity index (χ0v) is 13.7. The molecule has 0 saturated carbocycles. The van der Waals surface area contributed by atoms with Crippen LogP contribution in [-0.2, 0) is 0 Å². The predicted octanol–water partition coefficient (Wildman–Crippen LogP) is 4.53. The molecular weight excluding hydrogens is 361 g/mol. The Morgan fingerprint density at radius 2 is 2.00 bits per heavy atom. The molecule has 0 heterocycles. The smallest absolute Gasteiger partial charge is 0.261 e. The van der Waals surface area contributed by atoms with Crippen LogP contribution in [0, 0.1) is 5.82 Å². The fraction of sp³-hybridized carbons (Fsp3) is 0.133. The van der Waals surface area contributed by atoms with Gasteiger partial charge < -0.3 is 9.64 Å². The quantitative estimate of drug-likeness (QED) is 0.741. The van der Waals surface area contributed by atoms with Crippen LogP contribution in [0.5, 0.6) is 5.75 Å². The summed E-state index contributed by atoms with van der Waals surface area (Å²) < 4.78 is 19.6. The largest absolute Gasteiger partial charge is 0.495 e. The van der Waals surface area contributed by atoms with Crippen LogP contribution >= 0.6 is 27.5 Å². The number of carbonyl (C=O) groups excluding carboxylic acids is 1. The molecule has 0 spiro atoms. The standard InChI is InChI=1S/C15H12BrClFNO2/c1-19(13-5-3-4-6-14(13)21-2)15(20)9-7-10(16)11(17)8-12(9)18/h3-8H,1-2H3. The van der Waals surface area contributed by atoms with Crippen molar-refractivity contribution in [2.75, 3.05) is 19.1 Å². The first kappa shape index (κ1) is 15.8. The summed E-state index contributed by atoms with van der Waals surface area (Å²) in [6.45, 7) is 0. The topological polar surface area (TPSA) is 29.5 Å². The second kappa shape index (κ2) is 6.45. The highest BCUT2D eigenvalue weighted by Crippen LogP contribution is 2.30. The van der Waals surface area contributed by atoms with Crippen LogP contribution in [0.3, 0.4) is 0 Å². The van der Waals surface area contributed by atoms with E-state index in [4.69, 9.17) is 16.3 Å². The van der Waals surface area contributed by atoms with Crippen molar-refractivity contribution in [2.24, 2.45) is 0 Å². The SMILES string of the molecule is COc1ccccc1N(C)C(=O)c1cc(Br)c(Cl)cc1F. The van der Waals surface area contributed by atoms with Gasteiger partial charge in [-0.2, -0.15) is 0 Å². The molecule has 2 aromatic rings. The molecule has 1 amide bonds. The zero-order chi connectivity index (χ0) is 15.6. The van der Waals surface area contributed by atoms with Crippen molar-refractivity contribution in [2.45, 2.75) is 0 Å². The number of halogens is 3. The lowest BCUT2D eigenvalue weighted by Crippen LogP contribution is -2.27. The van der Waals surface area contributed by atoms with Gasteiger partial charge >= 0.3 is 0 Å². The van der Waals surface area contributed by atoms with E-state index in [0.717, 1.165) is 6.07 Å². The van der Waals surface area contributed by atoms with Crippen LogP contribution in [-0.4, -0.2) is 20.1 Å². The highest BCUT2D eigenvalue weighted by molar-refractivity contribution is 9.10. The number of ether oxygens (including phenoxy) is 1. The Kier molecular flexibility index (Phi) is 4.85. The third-order valence-corrected chi connectivity index (χ3v) is 4.19. The van der Waals surface area contributed by atoms with Crippen molar-refractivity contribution in [3.63, 3.8) is 0 Å². The summed E-state index contributed by atoms with van der Waals surface area (Å²) >= 11 is 8.99. The fourth-order valence-corrected chi connectivity index (χ4v) is 2.38. The minimum absolute atomic E-state index is 0.0697. The number of nitrogens with zero attached hydrogens (tertiary/aromatic N) is 1. The van der Waals surface area contributed by atoms with E-state index in [-0.39, 0.29) is 10.6 Å². The molecule has 0 aliphatic heterocycles. The van der Waals surface area contributed by atoms with Gasteiger partial charge in [-0.25, -0.2) is 4.39 Å². The van der Waals surface area contributed by atoms with Gasteiger partial charge in [0.25, 0.3) is 5.91 Å². The molecule has 0 saturated heterocycles. The van der Waals surface area contributed by atoms with Gasteiger partial charge in [-0.05, 0) is 40.2 Å². The van der Waals surface area contributed by atoms with E-state index < -0.39 is 11.7 Å². The maximum absolute atomic E-state index is 14.0. The number of para-hydroxylation sites is 2. The van der Waals surface area contributed by atoms with Gasteiger partial charge in [-0.3, -0.25) is 4.79 Å². The molecule has 2 aromatic carbocycles. The lowest BCUT2D eigenvalue weighted by molar-refractivity contribution is 0.0988. The highest BCUT2D eigenvalue weighted by Gasteiger charge is 2.21. The Morgan fingerprint density at radius 1 is 1.33 bits per heavy atom. The first-order chi connectivity index (χ1) is 9.95. The van der Waals surface area contributed by atoms with Gasteiger partial charge in [0.05, 0.1) is 23.4 Å². The maximum Gasteiger partial charge on any atom is 0.261 e. The number of hydrogen-bond donors (Lipinski definition) is 0. The summed E-state index contributed by atoms with van der Waals surface area (Å²) in [7, 11) is 3.07. The summed E-state index contributed by atoms with van der Waals surface area (Å²) in [4.78, 5) is 13.8. The molecule has 0 unspecified atom stereocenters. The molecule has 21 heavy (non-hydrogen) atoms. The molecule has 0 aliphatic carbocycles. The average Bonchev–Trinajstić information content (AvgIpc) is 2.49. The number of benzene rings is 2. The molecule has 0 radical (unpaired) electrons.